The first-order chi connectivity index (χ1) is 13.8. The number of benzene rings is 1. The topological polar surface area (TPSA) is 99.6 Å². The van der Waals surface area contributed by atoms with Gasteiger partial charge >= 0.3 is 5.97 Å². The number of nitrogens with one attached hydrogen (secondary N) is 1. The van der Waals surface area contributed by atoms with Crippen LogP contribution in [0.1, 0.15) is 42.5 Å². The number of carboxylic acid groups (broad SMARTS) is 1. The van der Waals surface area contributed by atoms with Gasteiger partial charge in [0.2, 0.25) is 0 Å². The number of aromatic carboxylic acids is 1. The van der Waals surface area contributed by atoms with Gasteiger partial charge in [0.25, 0.3) is 10.0 Å². The molecule has 0 aliphatic carbocycles. The Hall–Kier alpha value is -2.03. The lowest BCUT2D eigenvalue weighted by molar-refractivity contribution is 0.0697. The fourth-order valence-corrected chi connectivity index (χ4v) is 4.66. The highest BCUT2D eigenvalue weighted by Crippen LogP contribution is 2.28. The van der Waals surface area contributed by atoms with E-state index in [1.165, 1.54) is 36.9 Å². The highest BCUT2D eigenvalue weighted by atomic mass is 35.5. The van der Waals surface area contributed by atoms with Crippen molar-refractivity contribution in [3.05, 3.63) is 46.1 Å². The smallest absolute Gasteiger partial charge is 0.339 e. The normalized spacial score (nSPS) is 15.4. The molecule has 0 saturated carbocycles. The van der Waals surface area contributed by atoms with Crippen molar-refractivity contribution in [1.29, 1.82) is 0 Å². The average Bonchev–Trinajstić information content (AvgIpc) is 2.63. The first-order valence-corrected chi connectivity index (χ1v) is 11.5. The van der Waals surface area contributed by atoms with Crippen LogP contribution in [0, 0.1) is 0 Å². The fourth-order valence-electron chi connectivity index (χ4n) is 3.24. The molecule has 7 nitrogen and oxygen atoms in total. The number of hydrogen-bond acceptors (Lipinski definition) is 5. The molecule has 1 fully saturated rings. The maximum atomic E-state index is 12.6. The molecule has 2 N–H and O–H groups in total. The molecule has 1 aromatic heterocycles. The Kier molecular flexibility index (Phi) is 6.87. The summed E-state index contributed by atoms with van der Waals surface area (Å²) in [4.78, 5) is 18.0. The minimum atomic E-state index is -3.98. The maximum Gasteiger partial charge on any atom is 0.339 e. The molecule has 156 valence electrons. The summed E-state index contributed by atoms with van der Waals surface area (Å²) < 4.78 is 27.6. The van der Waals surface area contributed by atoms with Gasteiger partial charge in [-0.3, -0.25) is 4.72 Å². The summed E-state index contributed by atoms with van der Waals surface area (Å²) in [6, 6.07) is 5.21. The second-order valence-corrected chi connectivity index (χ2v) is 9.33. The van der Waals surface area contributed by atoms with Gasteiger partial charge in [0, 0.05) is 13.1 Å². The molecule has 29 heavy (non-hydrogen) atoms. The minimum absolute atomic E-state index is 0.0417. The fraction of sp³-hybridized carbons (Fsp3) is 0.368. The van der Waals surface area contributed by atoms with Crippen LogP contribution in [0.4, 0.5) is 11.5 Å². The summed E-state index contributed by atoms with van der Waals surface area (Å²) in [5.41, 5.74) is 0.0178. The van der Waals surface area contributed by atoms with E-state index in [9.17, 15) is 18.3 Å². The van der Waals surface area contributed by atoms with Gasteiger partial charge in [0.05, 0.1) is 26.8 Å². The van der Waals surface area contributed by atoms with Gasteiger partial charge in [-0.2, -0.15) is 0 Å². The van der Waals surface area contributed by atoms with Gasteiger partial charge in [-0.1, -0.05) is 42.5 Å². The summed E-state index contributed by atoms with van der Waals surface area (Å²) in [6.07, 6.45) is 6.64. The van der Waals surface area contributed by atoms with Gasteiger partial charge < -0.3 is 10.0 Å². The summed E-state index contributed by atoms with van der Waals surface area (Å²) in [5.74, 6) is -0.804. The highest BCUT2D eigenvalue weighted by Gasteiger charge is 2.22. The number of carbonyl (C=O) groups is 1. The van der Waals surface area contributed by atoms with Gasteiger partial charge in [0.15, 0.2) is 0 Å². The van der Waals surface area contributed by atoms with E-state index in [0.717, 1.165) is 38.8 Å². The molecule has 1 aliphatic rings. The van der Waals surface area contributed by atoms with E-state index < -0.39 is 16.0 Å². The van der Waals surface area contributed by atoms with Crippen molar-refractivity contribution >= 4 is 50.7 Å². The number of nitrogens with zero attached hydrogens (tertiary/aromatic N) is 2. The van der Waals surface area contributed by atoms with Crippen LogP contribution in [0.2, 0.25) is 10.0 Å². The molecule has 0 radical (unpaired) electrons. The van der Waals surface area contributed by atoms with Gasteiger partial charge in [-0.25, -0.2) is 18.2 Å². The lowest BCUT2D eigenvalue weighted by Gasteiger charge is -2.27. The Bertz CT molecular complexity index is 1010. The SMILES string of the molecule is O=C(O)c1cc(NS(=O)(=O)c2ccc(Cl)c(Cl)c2)cnc1N1CCCCCCC1. The summed E-state index contributed by atoms with van der Waals surface area (Å²) in [6.45, 7) is 1.45. The van der Waals surface area contributed by atoms with E-state index in [-0.39, 0.29) is 26.2 Å². The zero-order valence-electron chi connectivity index (χ0n) is 15.6. The number of sulfonamides is 1. The molecule has 2 aromatic rings. The molecule has 0 amide bonds. The Morgan fingerprint density at radius 3 is 2.31 bits per heavy atom. The molecule has 0 atom stereocenters. The average molecular weight is 458 g/mol. The van der Waals surface area contributed by atoms with Crippen LogP contribution in [0.25, 0.3) is 0 Å². The molecule has 1 aromatic carbocycles. The summed E-state index contributed by atoms with van der Waals surface area (Å²) >= 11 is 11.7. The number of aromatic nitrogens is 1. The number of carboxylic acids is 1. The van der Waals surface area contributed by atoms with Crippen LogP contribution < -0.4 is 9.62 Å². The predicted octanol–water partition coefficient (Wildman–Crippen LogP) is 4.66. The van der Waals surface area contributed by atoms with Crippen LogP contribution in [-0.4, -0.2) is 37.6 Å². The monoisotopic (exact) mass is 457 g/mol. The first kappa shape index (κ1) is 21.7. The molecule has 1 aliphatic heterocycles. The van der Waals surface area contributed by atoms with Crippen molar-refractivity contribution in [3.63, 3.8) is 0 Å². The van der Waals surface area contributed by atoms with Gasteiger partial charge in [-0.15, -0.1) is 0 Å². The van der Waals surface area contributed by atoms with Crippen molar-refractivity contribution in [2.24, 2.45) is 0 Å². The number of anilines is 2. The van der Waals surface area contributed by atoms with E-state index in [2.05, 4.69) is 9.71 Å². The van der Waals surface area contributed by atoms with Crippen LogP contribution >= 0.6 is 23.2 Å². The molecule has 0 unspecified atom stereocenters. The van der Waals surface area contributed by atoms with Crippen molar-refractivity contribution in [2.75, 3.05) is 22.7 Å². The number of pyridine rings is 1. The molecule has 0 bridgehead atoms. The van der Waals surface area contributed by atoms with Crippen molar-refractivity contribution < 1.29 is 18.3 Å². The molecular formula is C19H21Cl2N3O4S. The van der Waals surface area contributed by atoms with E-state index in [1.807, 2.05) is 4.90 Å². The van der Waals surface area contributed by atoms with Crippen molar-refractivity contribution in [1.82, 2.24) is 4.98 Å². The predicted molar refractivity (Wildman–Crippen MR) is 114 cm³/mol. The van der Waals surface area contributed by atoms with Crippen LogP contribution in [-0.2, 0) is 10.0 Å². The second kappa shape index (κ2) is 9.19. The van der Waals surface area contributed by atoms with E-state index in [1.54, 1.807) is 0 Å². The zero-order chi connectivity index (χ0) is 21.0. The van der Waals surface area contributed by atoms with E-state index in [4.69, 9.17) is 23.2 Å². The molecule has 10 heteroatoms. The number of halogens is 2. The maximum absolute atomic E-state index is 12.6. The quantitative estimate of drug-likeness (QED) is 0.676. The van der Waals surface area contributed by atoms with Crippen LogP contribution in [0.15, 0.2) is 35.4 Å². The largest absolute Gasteiger partial charge is 0.478 e. The minimum Gasteiger partial charge on any atom is -0.478 e. The first-order valence-electron chi connectivity index (χ1n) is 9.24. The lowest BCUT2D eigenvalue weighted by Crippen LogP contribution is -2.29. The Morgan fingerprint density at radius 1 is 1.03 bits per heavy atom. The van der Waals surface area contributed by atoms with Crippen molar-refractivity contribution in [3.8, 4) is 0 Å². The lowest BCUT2D eigenvalue weighted by atomic mass is 10.1. The third-order valence-electron chi connectivity index (χ3n) is 4.71. The van der Waals surface area contributed by atoms with E-state index in [0.29, 0.717) is 5.82 Å². The summed E-state index contributed by atoms with van der Waals surface area (Å²) in [5, 5.41) is 9.99. The third-order valence-corrected chi connectivity index (χ3v) is 6.82. The molecule has 2 heterocycles. The summed E-state index contributed by atoms with van der Waals surface area (Å²) in [7, 11) is -3.98. The highest BCUT2D eigenvalue weighted by molar-refractivity contribution is 7.92. The Morgan fingerprint density at radius 2 is 1.69 bits per heavy atom. The zero-order valence-corrected chi connectivity index (χ0v) is 17.9. The third kappa shape index (κ3) is 5.32. The van der Waals surface area contributed by atoms with Gasteiger partial charge in [0.1, 0.15) is 11.4 Å². The second-order valence-electron chi connectivity index (χ2n) is 6.84. The van der Waals surface area contributed by atoms with Crippen LogP contribution in [0.5, 0.6) is 0 Å². The Labute approximate surface area is 179 Å². The number of rotatable bonds is 5. The standard InChI is InChI=1S/C19H21Cl2N3O4S/c20-16-7-6-14(11-17(16)21)29(27,28)23-13-10-15(19(25)26)18(22-12-13)24-8-4-2-1-3-5-9-24/h6-7,10-12,23H,1-5,8-9H2,(H,25,26). The van der Waals surface area contributed by atoms with Crippen molar-refractivity contribution in [2.45, 2.75) is 37.0 Å². The van der Waals surface area contributed by atoms with E-state index >= 15 is 0 Å². The number of hydrogen-bond donors (Lipinski definition) is 2. The Balaban J connectivity index is 1.89. The molecular weight excluding hydrogens is 437 g/mol. The van der Waals surface area contributed by atoms with Gasteiger partial charge in [-0.05, 0) is 37.1 Å². The molecule has 0 spiro atoms. The molecule has 1 saturated heterocycles. The molecule has 3 rings (SSSR count). The van der Waals surface area contributed by atoms with Crippen LogP contribution in [0.3, 0.4) is 0 Å².